The third-order valence-corrected chi connectivity index (χ3v) is 6.39. The molecular formula is C25H26N2O8. The van der Waals surface area contributed by atoms with Crippen LogP contribution in [0.4, 0.5) is 5.69 Å². The third-order valence-electron chi connectivity index (χ3n) is 6.39. The summed E-state index contributed by atoms with van der Waals surface area (Å²) < 4.78 is 16.2. The number of allylic oxidation sites excluding steroid dienone is 2. The summed E-state index contributed by atoms with van der Waals surface area (Å²) in [6.07, 6.45) is 0.504. The first kappa shape index (κ1) is 24.1. The molecule has 0 spiro atoms. The highest BCUT2D eigenvalue weighted by molar-refractivity contribution is 6.02. The van der Waals surface area contributed by atoms with E-state index in [0.29, 0.717) is 34.8 Å². The van der Waals surface area contributed by atoms with Crippen molar-refractivity contribution in [3.63, 3.8) is 0 Å². The van der Waals surface area contributed by atoms with Gasteiger partial charge in [-0.15, -0.1) is 0 Å². The first-order chi connectivity index (χ1) is 16.8. The maximum absolute atomic E-state index is 13.5. The van der Waals surface area contributed by atoms with Gasteiger partial charge >= 0.3 is 5.69 Å². The smallest absolute Gasteiger partial charge is 0.314 e. The molecule has 1 heterocycles. The number of amides is 1. The zero-order valence-corrected chi connectivity index (χ0v) is 19.6. The van der Waals surface area contributed by atoms with Gasteiger partial charge in [0.1, 0.15) is 11.5 Å². The zero-order chi connectivity index (χ0) is 25.3. The molecule has 35 heavy (non-hydrogen) atoms. The fraction of sp³-hybridized carbons (Fsp3) is 0.360. The lowest BCUT2D eigenvalue weighted by atomic mass is 9.73. The Morgan fingerprint density at radius 1 is 1.09 bits per heavy atom. The quantitative estimate of drug-likeness (QED) is 0.450. The molecule has 10 nitrogen and oxygen atoms in total. The lowest BCUT2D eigenvalue weighted by Gasteiger charge is -2.35. The number of ether oxygens (including phenoxy) is 3. The maximum Gasteiger partial charge on any atom is 0.314 e. The number of nitro groups is 1. The minimum absolute atomic E-state index is 0.0504. The van der Waals surface area contributed by atoms with Crippen LogP contribution in [0.25, 0.3) is 0 Å². The molecule has 10 heteroatoms. The van der Waals surface area contributed by atoms with Crippen LogP contribution < -0.4 is 19.5 Å². The molecule has 0 saturated heterocycles. The van der Waals surface area contributed by atoms with Gasteiger partial charge in [0.05, 0.1) is 25.7 Å². The second-order valence-corrected chi connectivity index (χ2v) is 8.41. The van der Waals surface area contributed by atoms with E-state index in [1.807, 2.05) is 6.07 Å². The molecule has 2 aromatic rings. The normalized spacial score (nSPS) is 19.6. The van der Waals surface area contributed by atoms with Crippen LogP contribution in [-0.4, -0.2) is 42.5 Å². The van der Waals surface area contributed by atoms with E-state index in [2.05, 4.69) is 5.32 Å². The van der Waals surface area contributed by atoms with Gasteiger partial charge in [0.25, 0.3) is 0 Å². The predicted molar refractivity (Wildman–Crippen MR) is 125 cm³/mol. The highest BCUT2D eigenvalue weighted by atomic mass is 16.6. The summed E-state index contributed by atoms with van der Waals surface area (Å²) in [6, 6.07) is 8.03. The number of hydrogen-bond donors (Lipinski definition) is 2. The van der Waals surface area contributed by atoms with E-state index in [1.165, 1.54) is 12.1 Å². The van der Waals surface area contributed by atoms with Gasteiger partial charge in [-0.3, -0.25) is 19.7 Å². The van der Waals surface area contributed by atoms with Crippen LogP contribution in [0.15, 0.2) is 41.6 Å². The van der Waals surface area contributed by atoms with E-state index >= 15 is 0 Å². The molecule has 1 amide bonds. The lowest BCUT2D eigenvalue weighted by Crippen LogP contribution is -2.38. The number of carbonyl (C=O) groups is 2. The minimum atomic E-state index is -0.715. The van der Waals surface area contributed by atoms with Crippen LogP contribution >= 0.6 is 0 Å². The monoisotopic (exact) mass is 482 g/mol. The van der Waals surface area contributed by atoms with Crippen LogP contribution in [0.1, 0.15) is 49.1 Å². The van der Waals surface area contributed by atoms with Crippen LogP contribution in [0.3, 0.4) is 0 Å². The number of Topliss-reactive ketones (excluding diaryl/α,β-unsaturated/α-hetero) is 1. The Bertz CT molecular complexity index is 1240. The van der Waals surface area contributed by atoms with Crippen LogP contribution in [-0.2, 0) is 9.59 Å². The van der Waals surface area contributed by atoms with Crippen molar-refractivity contribution in [1.82, 2.24) is 5.32 Å². The number of benzene rings is 2. The highest BCUT2D eigenvalue weighted by Crippen LogP contribution is 2.47. The van der Waals surface area contributed by atoms with E-state index in [0.717, 1.165) is 5.56 Å². The van der Waals surface area contributed by atoms with Gasteiger partial charge in [0.15, 0.2) is 11.5 Å². The summed E-state index contributed by atoms with van der Waals surface area (Å²) in [5, 5.41) is 24.6. The van der Waals surface area contributed by atoms with E-state index in [9.17, 15) is 24.8 Å². The summed E-state index contributed by atoms with van der Waals surface area (Å²) in [4.78, 5) is 36.9. The first-order valence-corrected chi connectivity index (χ1v) is 11.2. The predicted octanol–water partition coefficient (Wildman–Crippen LogP) is 3.72. The summed E-state index contributed by atoms with van der Waals surface area (Å²) in [6.45, 7) is 1.86. The van der Waals surface area contributed by atoms with Crippen molar-refractivity contribution in [1.29, 1.82) is 0 Å². The Morgan fingerprint density at radius 3 is 2.51 bits per heavy atom. The van der Waals surface area contributed by atoms with Crippen LogP contribution in [0, 0.1) is 10.1 Å². The number of nitrogens with one attached hydrogen (secondary N) is 1. The van der Waals surface area contributed by atoms with Gasteiger partial charge in [-0.1, -0.05) is 0 Å². The van der Waals surface area contributed by atoms with Crippen molar-refractivity contribution in [2.45, 2.75) is 38.0 Å². The molecule has 4 rings (SSSR count). The van der Waals surface area contributed by atoms with E-state index in [-0.39, 0.29) is 42.8 Å². The Hall–Kier alpha value is -4.08. The van der Waals surface area contributed by atoms with Crippen molar-refractivity contribution < 1.29 is 33.8 Å². The number of aromatic hydroxyl groups is 1. The van der Waals surface area contributed by atoms with Crippen molar-refractivity contribution in [2.75, 3.05) is 20.8 Å². The summed E-state index contributed by atoms with van der Waals surface area (Å²) >= 11 is 0. The maximum atomic E-state index is 13.5. The number of phenols is 1. The third kappa shape index (κ3) is 4.51. The molecule has 2 aromatic carbocycles. The number of rotatable bonds is 7. The molecule has 0 radical (unpaired) electrons. The largest absolute Gasteiger partial charge is 0.500 e. The van der Waals surface area contributed by atoms with Gasteiger partial charge in [-0.25, -0.2) is 0 Å². The molecule has 2 aliphatic rings. The molecule has 0 saturated carbocycles. The first-order valence-electron chi connectivity index (χ1n) is 11.2. The molecule has 0 aromatic heterocycles. The molecule has 2 N–H and O–H groups in total. The summed E-state index contributed by atoms with van der Waals surface area (Å²) in [7, 11) is 3.10. The molecule has 0 bridgehead atoms. The number of phenolic OH excluding ortho intramolecular Hbond substituents is 1. The Labute approximate surface area is 201 Å². The van der Waals surface area contributed by atoms with E-state index in [1.54, 1.807) is 33.3 Å². The number of nitrogens with zero attached hydrogens (tertiary/aromatic N) is 1. The highest BCUT2D eigenvalue weighted by Gasteiger charge is 2.40. The van der Waals surface area contributed by atoms with Gasteiger partial charge in [-0.05, 0) is 43.2 Å². The second kappa shape index (κ2) is 9.65. The van der Waals surface area contributed by atoms with Gasteiger partial charge < -0.3 is 24.6 Å². The summed E-state index contributed by atoms with van der Waals surface area (Å²) in [5.74, 6) is -0.827. The van der Waals surface area contributed by atoms with Crippen LogP contribution in [0.2, 0.25) is 0 Å². The number of ketones is 1. The fourth-order valence-corrected chi connectivity index (χ4v) is 4.84. The number of carbonyl (C=O) groups excluding carboxylic acids is 2. The van der Waals surface area contributed by atoms with Crippen molar-refractivity contribution in [3.8, 4) is 23.0 Å². The van der Waals surface area contributed by atoms with E-state index in [4.69, 9.17) is 14.2 Å². The summed E-state index contributed by atoms with van der Waals surface area (Å²) in [5.41, 5.74) is 1.53. The SMILES string of the molecule is CCOc1cc([C@@H]2CC(=O)NC3=C2C(=O)C[C@@H](c2cc(OC)ccc2OC)C3)cc([N+](=O)[O-])c1O. The second-order valence-electron chi connectivity index (χ2n) is 8.41. The topological polar surface area (TPSA) is 137 Å². The molecule has 0 unspecified atom stereocenters. The van der Waals surface area contributed by atoms with E-state index < -0.39 is 22.3 Å². The number of methoxy groups -OCH3 is 2. The van der Waals surface area contributed by atoms with Gasteiger partial charge in [0.2, 0.25) is 11.7 Å². The van der Waals surface area contributed by atoms with Crippen LogP contribution in [0.5, 0.6) is 23.0 Å². The average Bonchev–Trinajstić information content (AvgIpc) is 2.83. The molecule has 0 fully saturated rings. The molecular weight excluding hydrogens is 456 g/mol. The number of hydrogen-bond acceptors (Lipinski definition) is 8. The van der Waals surface area contributed by atoms with Gasteiger partial charge in [-0.2, -0.15) is 0 Å². The standard InChI is InChI=1S/C25H26N2O8/c1-4-35-22-10-14(8-19(25(22)30)27(31)32)17-12-23(29)26-18-7-13(9-20(28)24(17)18)16-11-15(33-2)5-6-21(16)34-3/h5-6,8,10-11,13,17,30H,4,7,9,12H2,1-3H3,(H,26,29)/t13-,17-/m0/s1. The lowest BCUT2D eigenvalue weighted by molar-refractivity contribution is -0.386. The van der Waals surface area contributed by atoms with Gasteiger partial charge in [0, 0.05) is 47.6 Å². The zero-order valence-electron chi connectivity index (χ0n) is 19.6. The molecule has 2 atom stereocenters. The molecule has 184 valence electrons. The Kier molecular flexibility index (Phi) is 6.63. The van der Waals surface area contributed by atoms with Crippen molar-refractivity contribution >= 4 is 17.4 Å². The fourth-order valence-electron chi connectivity index (χ4n) is 4.84. The molecule has 1 aliphatic carbocycles. The number of nitro benzene ring substituents is 1. The molecule has 1 aliphatic heterocycles. The van der Waals surface area contributed by atoms with Crippen molar-refractivity contribution in [3.05, 3.63) is 62.8 Å². The average molecular weight is 482 g/mol. The Morgan fingerprint density at radius 2 is 1.86 bits per heavy atom. The van der Waals surface area contributed by atoms with Crippen molar-refractivity contribution in [2.24, 2.45) is 0 Å². The minimum Gasteiger partial charge on any atom is -0.500 e. The Balaban J connectivity index is 1.78.